The summed E-state index contributed by atoms with van der Waals surface area (Å²) < 4.78 is 5.57. The van der Waals surface area contributed by atoms with Crippen LogP contribution in [0.3, 0.4) is 0 Å². The zero-order chi connectivity index (χ0) is 16.2. The van der Waals surface area contributed by atoms with E-state index < -0.39 is 5.97 Å². The van der Waals surface area contributed by atoms with Crippen LogP contribution in [-0.2, 0) is 14.5 Å². The van der Waals surface area contributed by atoms with Gasteiger partial charge in [0.1, 0.15) is 6.61 Å². The Hall–Kier alpha value is -1.39. The van der Waals surface area contributed by atoms with Crippen molar-refractivity contribution in [2.75, 3.05) is 19.8 Å². The Bertz CT molecular complexity index is 431. The first-order valence-electron chi connectivity index (χ1n) is 8.15. The number of carbonyl (C=O) groups is 1. The molecule has 0 aliphatic rings. The molecule has 0 amide bonds. The molecule has 1 atom stereocenters. The van der Waals surface area contributed by atoms with Crippen molar-refractivity contribution in [2.45, 2.75) is 46.5 Å². The van der Waals surface area contributed by atoms with Gasteiger partial charge in [0, 0.05) is 6.61 Å². The lowest BCUT2D eigenvalue weighted by molar-refractivity contribution is -0.247. The first-order valence-corrected chi connectivity index (χ1v) is 8.15. The summed E-state index contributed by atoms with van der Waals surface area (Å²) >= 11 is 0. The van der Waals surface area contributed by atoms with Crippen LogP contribution in [0, 0.1) is 12.8 Å². The van der Waals surface area contributed by atoms with Gasteiger partial charge in [0.2, 0.25) is 0 Å². The van der Waals surface area contributed by atoms with E-state index in [9.17, 15) is 4.79 Å². The van der Waals surface area contributed by atoms with Crippen molar-refractivity contribution in [1.82, 2.24) is 0 Å². The highest BCUT2D eigenvalue weighted by Gasteiger charge is 2.09. The van der Waals surface area contributed by atoms with Crippen molar-refractivity contribution in [3.05, 3.63) is 35.4 Å². The number of hydrogen-bond donors (Lipinski definition) is 0. The van der Waals surface area contributed by atoms with Gasteiger partial charge < -0.3 is 4.74 Å². The van der Waals surface area contributed by atoms with Gasteiger partial charge in [-0.25, -0.2) is 4.79 Å². The third-order valence-electron chi connectivity index (χ3n) is 3.60. The van der Waals surface area contributed by atoms with Gasteiger partial charge in [-0.3, -0.25) is 4.89 Å². The van der Waals surface area contributed by atoms with Crippen LogP contribution >= 0.6 is 0 Å². The van der Waals surface area contributed by atoms with Crippen LogP contribution < -0.4 is 0 Å². The number of hydrogen-bond acceptors (Lipinski definition) is 4. The molecule has 1 unspecified atom stereocenters. The molecule has 0 aliphatic heterocycles. The average Bonchev–Trinajstić information content (AvgIpc) is 2.53. The van der Waals surface area contributed by atoms with Gasteiger partial charge >= 0.3 is 5.97 Å². The molecule has 0 saturated carbocycles. The van der Waals surface area contributed by atoms with E-state index in [1.165, 1.54) is 19.3 Å². The fraction of sp³-hybridized carbons (Fsp3) is 0.611. The summed E-state index contributed by atoms with van der Waals surface area (Å²) in [5, 5.41) is 0. The maximum Gasteiger partial charge on any atom is 0.373 e. The first-order chi connectivity index (χ1) is 10.7. The van der Waals surface area contributed by atoms with Gasteiger partial charge in [0.05, 0.1) is 12.2 Å². The van der Waals surface area contributed by atoms with Crippen LogP contribution in [0.4, 0.5) is 0 Å². The fourth-order valence-corrected chi connectivity index (χ4v) is 2.16. The Kier molecular flexibility index (Phi) is 9.51. The molecule has 0 heterocycles. The summed E-state index contributed by atoms with van der Waals surface area (Å²) in [6.07, 6.45) is 4.79. The van der Waals surface area contributed by atoms with Gasteiger partial charge in [-0.2, -0.15) is 4.89 Å². The molecular formula is C18H28O4. The van der Waals surface area contributed by atoms with Crippen molar-refractivity contribution in [2.24, 2.45) is 5.92 Å². The molecule has 0 radical (unpaired) electrons. The van der Waals surface area contributed by atoms with E-state index >= 15 is 0 Å². The maximum atomic E-state index is 11.7. The Morgan fingerprint density at radius 3 is 2.73 bits per heavy atom. The van der Waals surface area contributed by atoms with E-state index in [4.69, 9.17) is 14.5 Å². The van der Waals surface area contributed by atoms with E-state index in [0.717, 1.165) is 18.6 Å². The van der Waals surface area contributed by atoms with Crippen LogP contribution in [0.25, 0.3) is 0 Å². The highest BCUT2D eigenvalue weighted by Crippen LogP contribution is 2.12. The minimum atomic E-state index is -0.474. The quantitative estimate of drug-likeness (QED) is 0.347. The molecule has 1 aromatic rings. The number of benzene rings is 1. The normalized spacial score (nSPS) is 12.1. The molecule has 1 rings (SSSR count). The monoisotopic (exact) mass is 308 g/mol. The Labute approximate surface area is 133 Å². The Balaban J connectivity index is 2.11. The largest absolute Gasteiger partial charge is 0.379 e. The number of aryl methyl sites for hydroxylation is 1. The molecule has 0 aliphatic carbocycles. The molecule has 0 N–H and O–H groups in total. The molecule has 1 aromatic carbocycles. The van der Waals surface area contributed by atoms with Gasteiger partial charge in [-0.1, -0.05) is 50.8 Å². The van der Waals surface area contributed by atoms with Gasteiger partial charge in [0.15, 0.2) is 0 Å². The second-order valence-electron chi connectivity index (χ2n) is 5.55. The SMILES string of the molecule is CCCCC(CC)COCCOOC(=O)c1cccc(C)c1. The molecule has 0 spiro atoms. The van der Waals surface area contributed by atoms with E-state index in [1.807, 2.05) is 19.1 Å². The van der Waals surface area contributed by atoms with E-state index in [1.54, 1.807) is 12.1 Å². The summed E-state index contributed by atoms with van der Waals surface area (Å²) in [7, 11) is 0. The van der Waals surface area contributed by atoms with E-state index in [2.05, 4.69) is 13.8 Å². The summed E-state index contributed by atoms with van der Waals surface area (Å²) in [4.78, 5) is 21.4. The second kappa shape index (κ2) is 11.2. The lowest BCUT2D eigenvalue weighted by atomic mass is 10.0. The molecule has 124 valence electrons. The van der Waals surface area contributed by atoms with Crippen LogP contribution in [0.2, 0.25) is 0 Å². The zero-order valence-electron chi connectivity index (χ0n) is 14.0. The van der Waals surface area contributed by atoms with Crippen LogP contribution in [0.1, 0.15) is 55.5 Å². The predicted molar refractivity (Wildman–Crippen MR) is 86.7 cm³/mol. The highest BCUT2D eigenvalue weighted by atomic mass is 17.2. The molecule has 4 heteroatoms. The highest BCUT2D eigenvalue weighted by molar-refractivity contribution is 5.89. The average molecular weight is 308 g/mol. The number of rotatable bonds is 11. The third-order valence-corrected chi connectivity index (χ3v) is 3.60. The van der Waals surface area contributed by atoms with E-state index in [0.29, 0.717) is 18.1 Å². The molecule has 0 saturated heterocycles. The summed E-state index contributed by atoms with van der Waals surface area (Å²) in [5.41, 5.74) is 1.50. The van der Waals surface area contributed by atoms with Gasteiger partial charge in [-0.05, 0) is 31.4 Å². The summed E-state index contributed by atoms with van der Waals surface area (Å²) in [5.74, 6) is 0.132. The van der Waals surface area contributed by atoms with Gasteiger partial charge in [-0.15, -0.1) is 0 Å². The van der Waals surface area contributed by atoms with Crippen LogP contribution in [0.15, 0.2) is 24.3 Å². The summed E-state index contributed by atoms with van der Waals surface area (Å²) in [6, 6.07) is 7.21. The van der Waals surface area contributed by atoms with Crippen molar-refractivity contribution in [3.63, 3.8) is 0 Å². The third kappa shape index (κ3) is 7.57. The number of ether oxygens (including phenoxy) is 1. The summed E-state index contributed by atoms with van der Waals surface area (Å²) in [6.45, 7) is 7.74. The molecule has 0 bridgehead atoms. The van der Waals surface area contributed by atoms with Crippen molar-refractivity contribution in [3.8, 4) is 0 Å². The lowest BCUT2D eigenvalue weighted by Crippen LogP contribution is -2.14. The lowest BCUT2D eigenvalue weighted by Gasteiger charge is -2.14. The molecule has 22 heavy (non-hydrogen) atoms. The zero-order valence-corrected chi connectivity index (χ0v) is 14.0. The van der Waals surface area contributed by atoms with E-state index in [-0.39, 0.29) is 6.61 Å². The smallest absolute Gasteiger partial charge is 0.373 e. The van der Waals surface area contributed by atoms with Gasteiger partial charge in [0.25, 0.3) is 0 Å². The first kappa shape index (κ1) is 18.7. The molecule has 0 aromatic heterocycles. The molecule has 4 nitrogen and oxygen atoms in total. The second-order valence-corrected chi connectivity index (χ2v) is 5.55. The standard InChI is InChI=1S/C18H28O4/c1-4-6-9-16(5-2)14-20-11-12-21-22-18(19)17-10-7-8-15(3)13-17/h7-8,10,13,16H,4-6,9,11-12,14H2,1-3H3. The minimum Gasteiger partial charge on any atom is -0.379 e. The Morgan fingerprint density at radius 2 is 2.05 bits per heavy atom. The maximum absolute atomic E-state index is 11.7. The Morgan fingerprint density at radius 1 is 1.23 bits per heavy atom. The van der Waals surface area contributed by atoms with Crippen molar-refractivity contribution in [1.29, 1.82) is 0 Å². The predicted octanol–water partition coefficient (Wildman–Crippen LogP) is 4.32. The molecular weight excluding hydrogens is 280 g/mol. The van der Waals surface area contributed by atoms with Crippen molar-refractivity contribution >= 4 is 5.97 Å². The minimum absolute atomic E-state index is 0.252. The number of unbranched alkanes of at least 4 members (excludes halogenated alkanes) is 1. The topological polar surface area (TPSA) is 44.8 Å². The van der Waals surface area contributed by atoms with Crippen LogP contribution in [-0.4, -0.2) is 25.8 Å². The molecule has 0 fully saturated rings. The van der Waals surface area contributed by atoms with Crippen LogP contribution in [0.5, 0.6) is 0 Å². The fourth-order valence-electron chi connectivity index (χ4n) is 2.16. The van der Waals surface area contributed by atoms with Crippen molar-refractivity contribution < 1.29 is 19.3 Å². The number of carbonyl (C=O) groups excluding carboxylic acids is 1.